The summed E-state index contributed by atoms with van der Waals surface area (Å²) in [4.78, 5) is 11.8. The molecule has 0 aromatic heterocycles. The number of carbonyl (C=O) groups excluding carboxylic acids is 1. The Bertz CT molecular complexity index is 199. The molecule has 0 saturated carbocycles. The van der Waals surface area contributed by atoms with Gasteiger partial charge >= 0.3 is 135 Å². The van der Waals surface area contributed by atoms with E-state index in [-0.39, 0.29) is 0 Å². The molecular weight excluding hydrogens is 351 g/mol. The summed E-state index contributed by atoms with van der Waals surface area (Å²) in [7, 11) is 0. The van der Waals surface area contributed by atoms with Gasteiger partial charge in [-0.25, -0.2) is 0 Å². The van der Waals surface area contributed by atoms with Crippen LogP contribution in [-0.4, -0.2) is 23.6 Å². The zero-order valence-corrected chi connectivity index (χ0v) is 17.7. The molecule has 0 atom stereocenters. The zero-order chi connectivity index (χ0) is 15.1. The molecule has 0 aromatic rings. The standard InChI is InChI=1S/2C8H17.C2H3O.Sn.H/c2*1-3-5-7-8-6-4-2;1-2-3;;/h2*1,3-8H2,2H3;1H3;;. The second kappa shape index (κ2) is 15.8. The first-order valence-corrected chi connectivity index (χ1v) is 15.5. The SMILES string of the molecule is CCCCCCC[CH2][SnH]([CH2]CCCCCCC)[C](C)=O. The second-order valence-electron chi connectivity index (χ2n) is 6.42. The fraction of sp³-hybridized carbons (Fsp3) is 0.944. The van der Waals surface area contributed by atoms with Gasteiger partial charge in [0.2, 0.25) is 0 Å². The molecule has 0 saturated heterocycles. The molecule has 0 N–H and O–H groups in total. The van der Waals surface area contributed by atoms with E-state index in [0.29, 0.717) is 3.80 Å². The van der Waals surface area contributed by atoms with Gasteiger partial charge in [0.25, 0.3) is 0 Å². The molecule has 20 heavy (non-hydrogen) atoms. The predicted molar refractivity (Wildman–Crippen MR) is 94.2 cm³/mol. The Balaban J connectivity index is 3.53. The number of unbranched alkanes of at least 4 members (excludes halogenated alkanes) is 10. The molecule has 1 nitrogen and oxygen atoms in total. The molecule has 0 aliphatic carbocycles. The molecule has 0 radical (unpaired) electrons. The minimum atomic E-state index is -1.79. The fourth-order valence-corrected chi connectivity index (χ4v) is 10.5. The zero-order valence-electron chi connectivity index (χ0n) is 14.4. The van der Waals surface area contributed by atoms with Gasteiger partial charge in [0.05, 0.1) is 0 Å². The van der Waals surface area contributed by atoms with E-state index in [1.165, 1.54) is 85.9 Å². The van der Waals surface area contributed by atoms with Crippen molar-refractivity contribution in [3.8, 4) is 0 Å². The summed E-state index contributed by atoms with van der Waals surface area (Å²) in [5, 5.41) is 0. The molecule has 0 aliphatic heterocycles. The van der Waals surface area contributed by atoms with Gasteiger partial charge in [-0.1, -0.05) is 0 Å². The third-order valence-electron chi connectivity index (χ3n) is 4.39. The molecule has 0 aromatic carbocycles. The first kappa shape index (κ1) is 20.5. The summed E-state index contributed by atoms with van der Waals surface area (Å²) in [5.41, 5.74) is 0. The van der Waals surface area contributed by atoms with Crippen LogP contribution in [0.2, 0.25) is 8.87 Å². The van der Waals surface area contributed by atoms with Crippen molar-refractivity contribution < 1.29 is 4.79 Å². The molecule has 0 fully saturated rings. The molecule has 0 rings (SSSR count). The minimum absolute atomic E-state index is 0.633. The molecule has 0 aliphatic rings. The summed E-state index contributed by atoms with van der Waals surface area (Å²) in [5.74, 6) is 0. The van der Waals surface area contributed by atoms with Crippen molar-refractivity contribution in [2.45, 2.75) is 107 Å². The van der Waals surface area contributed by atoms with Crippen molar-refractivity contribution in [2.75, 3.05) is 0 Å². The Labute approximate surface area is 135 Å². The third-order valence-corrected chi connectivity index (χ3v) is 14.0. The molecule has 2 heteroatoms. The molecule has 0 bridgehead atoms. The first-order valence-electron chi connectivity index (χ1n) is 9.22. The molecule has 0 spiro atoms. The van der Waals surface area contributed by atoms with Crippen LogP contribution < -0.4 is 0 Å². The van der Waals surface area contributed by atoms with Crippen LogP contribution in [0.1, 0.15) is 97.8 Å². The summed E-state index contributed by atoms with van der Waals surface area (Å²) in [6.07, 6.45) is 16.4. The van der Waals surface area contributed by atoms with Gasteiger partial charge in [0, 0.05) is 0 Å². The Morgan fingerprint density at radius 1 is 0.650 bits per heavy atom. The average molecular weight is 389 g/mol. The number of hydrogen-bond donors (Lipinski definition) is 0. The van der Waals surface area contributed by atoms with Crippen LogP contribution in [0.3, 0.4) is 0 Å². The van der Waals surface area contributed by atoms with Gasteiger partial charge in [-0.3, -0.25) is 0 Å². The average Bonchev–Trinajstić information content (AvgIpc) is 2.43. The van der Waals surface area contributed by atoms with Crippen LogP contribution in [0.4, 0.5) is 0 Å². The van der Waals surface area contributed by atoms with Crippen molar-refractivity contribution in [1.82, 2.24) is 0 Å². The van der Waals surface area contributed by atoms with Gasteiger partial charge in [-0.15, -0.1) is 0 Å². The number of rotatable bonds is 15. The van der Waals surface area contributed by atoms with Gasteiger partial charge in [0.1, 0.15) is 0 Å². The summed E-state index contributed by atoms with van der Waals surface area (Å²) >= 11 is -1.79. The van der Waals surface area contributed by atoms with E-state index in [9.17, 15) is 4.79 Å². The molecule has 120 valence electrons. The van der Waals surface area contributed by atoms with Crippen molar-refractivity contribution in [2.24, 2.45) is 0 Å². The van der Waals surface area contributed by atoms with Crippen LogP contribution in [0.5, 0.6) is 0 Å². The van der Waals surface area contributed by atoms with Crippen molar-refractivity contribution in [1.29, 1.82) is 0 Å². The number of hydrogen-bond acceptors (Lipinski definition) is 1. The van der Waals surface area contributed by atoms with Crippen LogP contribution in [0.25, 0.3) is 0 Å². The topological polar surface area (TPSA) is 17.1 Å². The van der Waals surface area contributed by atoms with Crippen LogP contribution in [0, 0.1) is 0 Å². The fourth-order valence-electron chi connectivity index (χ4n) is 2.89. The van der Waals surface area contributed by atoms with Gasteiger partial charge in [0.15, 0.2) is 0 Å². The first-order chi connectivity index (χ1) is 9.72. The molecule has 0 amide bonds. The van der Waals surface area contributed by atoms with E-state index in [0.717, 1.165) is 0 Å². The van der Waals surface area contributed by atoms with E-state index < -0.39 is 19.8 Å². The Morgan fingerprint density at radius 2 is 1.00 bits per heavy atom. The quantitative estimate of drug-likeness (QED) is 0.246. The summed E-state index contributed by atoms with van der Waals surface area (Å²) in [6, 6.07) is 0. The van der Waals surface area contributed by atoms with Crippen LogP contribution >= 0.6 is 0 Å². The maximum atomic E-state index is 11.8. The monoisotopic (exact) mass is 390 g/mol. The number of carbonyl (C=O) groups is 1. The van der Waals surface area contributed by atoms with E-state index in [1.807, 2.05) is 6.92 Å². The normalized spacial score (nSPS) is 11.2. The van der Waals surface area contributed by atoms with Crippen LogP contribution in [-0.2, 0) is 4.79 Å². The van der Waals surface area contributed by atoms with Gasteiger partial charge < -0.3 is 0 Å². The Kier molecular flexibility index (Phi) is 16.2. The van der Waals surface area contributed by atoms with Crippen molar-refractivity contribution in [3.05, 3.63) is 0 Å². The van der Waals surface area contributed by atoms with E-state index in [1.54, 1.807) is 0 Å². The Morgan fingerprint density at radius 3 is 1.35 bits per heavy atom. The second-order valence-corrected chi connectivity index (χ2v) is 16.0. The van der Waals surface area contributed by atoms with E-state index in [4.69, 9.17) is 0 Å². The summed E-state index contributed by atoms with van der Waals surface area (Å²) < 4.78 is 3.32. The maximum absolute atomic E-state index is 11.8. The third kappa shape index (κ3) is 13.5. The summed E-state index contributed by atoms with van der Waals surface area (Å²) in [6.45, 7) is 6.42. The molecule has 0 unspecified atom stereocenters. The molecular formula is C18H38OSn. The Hall–Kier alpha value is 0.469. The van der Waals surface area contributed by atoms with E-state index in [2.05, 4.69) is 13.8 Å². The van der Waals surface area contributed by atoms with Crippen molar-refractivity contribution in [3.63, 3.8) is 0 Å². The van der Waals surface area contributed by atoms with Gasteiger partial charge in [-0.05, 0) is 0 Å². The van der Waals surface area contributed by atoms with Crippen LogP contribution in [0.15, 0.2) is 0 Å². The van der Waals surface area contributed by atoms with E-state index >= 15 is 0 Å². The van der Waals surface area contributed by atoms with Crippen molar-refractivity contribution >= 4 is 23.6 Å². The molecule has 0 heterocycles. The van der Waals surface area contributed by atoms with Gasteiger partial charge in [-0.2, -0.15) is 0 Å². The predicted octanol–water partition coefficient (Wildman–Crippen LogP) is 6.06.